The summed E-state index contributed by atoms with van der Waals surface area (Å²) in [7, 11) is 0. The molecule has 1 heterocycles. The third-order valence-corrected chi connectivity index (χ3v) is 3.67. The Morgan fingerprint density at radius 3 is 3.17 bits per heavy atom. The highest BCUT2D eigenvalue weighted by atomic mass is 32.2. The van der Waals surface area contributed by atoms with Crippen LogP contribution in [0, 0.1) is 5.92 Å². The minimum Gasteiger partial charge on any atom is -0.352 e. The molecule has 96 valence electrons. The molecule has 2 aromatic rings. The van der Waals surface area contributed by atoms with Crippen molar-refractivity contribution in [3.05, 3.63) is 30.0 Å². The predicted molar refractivity (Wildman–Crippen MR) is 76.0 cm³/mol. The summed E-state index contributed by atoms with van der Waals surface area (Å²) in [4.78, 5) is 12.0. The van der Waals surface area contributed by atoms with Crippen molar-refractivity contribution in [3.8, 4) is 0 Å². The van der Waals surface area contributed by atoms with Gasteiger partial charge >= 0.3 is 0 Å². The summed E-state index contributed by atoms with van der Waals surface area (Å²) in [5.74, 6) is 1.51. The number of hydrogen-bond acceptors (Lipinski definition) is 3. The van der Waals surface area contributed by atoms with Crippen molar-refractivity contribution in [2.75, 3.05) is 18.6 Å². The Kier molecular flexibility index (Phi) is 4.25. The number of aromatic amines is 1. The number of amides is 1. The van der Waals surface area contributed by atoms with Gasteiger partial charge < -0.3 is 5.32 Å². The maximum Gasteiger partial charge on any atom is 0.251 e. The van der Waals surface area contributed by atoms with Crippen LogP contribution < -0.4 is 5.32 Å². The molecule has 0 saturated heterocycles. The SMILES string of the molecule is CSCC(C)CNC(=O)c1ccc2cn[nH]c2c1. The van der Waals surface area contributed by atoms with E-state index in [1.807, 2.05) is 18.2 Å². The smallest absolute Gasteiger partial charge is 0.251 e. The van der Waals surface area contributed by atoms with Crippen LogP contribution in [-0.2, 0) is 0 Å². The van der Waals surface area contributed by atoms with Crippen molar-refractivity contribution in [3.63, 3.8) is 0 Å². The number of rotatable bonds is 5. The fourth-order valence-electron chi connectivity index (χ4n) is 1.79. The van der Waals surface area contributed by atoms with E-state index in [1.54, 1.807) is 18.0 Å². The van der Waals surface area contributed by atoms with Crippen molar-refractivity contribution < 1.29 is 4.79 Å². The molecule has 0 aliphatic carbocycles. The van der Waals surface area contributed by atoms with Gasteiger partial charge in [-0.05, 0) is 30.1 Å². The average Bonchev–Trinajstić information content (AvgIpc) is 2.83. The second kappa shape index (κ2) is 5.91. The summed E-state index contributed by atoms with van der Waals surface area (Å²) in [6.45, 7) is 2.84. The Hall–Kier alpha value is -1.49. The molecular weight excluding hydrogens is 246 g/mol. The Bertz CT molecular complexity index is 538. The molecule has 0 saturated carbocycles. The van der Waals surface area contributed by atoms with E-state index in [2.05, 4.69) is 28.7 Å². The molecule has 0 aliphatic rings. The Labute approximate surface area is 111 Å². The lowest BCUT2D eigenvalue weighted by Crippen LogP contribution is -2.29. The number of H-pyrrole nitrogens is 1. The zero-order valence-electron chi connectivity index (χ0n) is 10.6. The van der Waals surface area contributed by atoms with Gasteiger partial charge in [-0.25, -0.2) is 0 Å². The van der Waals surface area contributed by atoms with Crippen LogP contribution in [0.1, 0.15) is 17.3 Å². The number of nitrogens with one attached hydrogen (secondary N) is 2. The fraction of sp³-hybridized carbons (Fsp3) is 0.385. The van der Waals surface area contributed by atoms with E-state index in [0.717, 1.165) is 16.7 Å². The molecule has 4 nitrogen and oxygen atoms in total. The normalized spacial score (nSPS) is 12.6. The molecule has 5 heteroatoms. The van der Waals surface area contributed by atoms with Crippen LogP contribution in [-0.4, -0.2) is 34.7 Å². The monoisotopic (exact) mass is 263 g/mol. The predicted octanol–water partition coefficient (Wildman–Crippen LogP) is 2.29. The molecule has 1 atom stereocenters. The van der Waals surface area contributed by atoms with E-state index in [4.69, 9.17) is 0 Å². The van der Waals surface area contributed by atoms with Crippen LogP contribution in [0.4, 0.5) is 0 Å². The number of thioether (sulfide) groups is 1. The first-order valence-corrected chi connectivity index (χ1v) is 7.30. The number of benzene rings is 1. The summed E-state index contributed by atoms with van der Waals surface area (Å²) >= 11 is 1.80. The van der Waals surface area contributed by atoms with E-state index in [1.165, 1.54) is 0 Å². The number of hydrogen-bond donors (Lipinski definition) is 2. The summed E-state index contributed by atoms with van der Waals surface area (Å²) in [5, 5.41) is 10.8. The summed E-state index contributed by atoms with van der Waals surface area (Å²) < 4.78 is 0. The Morgan fingerprint density at radius 2 is 2.39 bits per heavy atom. The Balaban J connectivity index is 1.99. The van der Waals surface area contributed by atoms with Crippen molar-refractivity contribution in [1.82, 2.24) is 15.5 Å². The summed E-state index contributed by atoms with van der Waals surface area (Å²) in [6.07, 6.45) is 3.82. The summed E-state index contributed by atoms with van der Waals surface area (Å²) in [6, 6.07) is 5.56. The van der Waals surface area contributed by atoms with Crippen LogP contribution in [0.25, 0.3) is 10.9 Å². The molecule has 2 rings (SSSR count). The van der Waals surface area contributed by atoms with Gasteiger partial charge in [0.25, 0.3) is 5.91 Å². The lowest BCUT2D eigenvalue weighted by molar-refractivity contribution is 0.0949. The van der Waals surface area contributed by atoms with Crippen molar-refractivity contribution in [2.24, 2.45) is 5.92 Å². The zero-order valence-corrected chi connectivity index (χ0v) is 11.4. The van der Waals surface area contributed by atoms with Gasteiger partial charge in [0, 0.05) is 17.5 Å². The van der Waals surface area contributed by atoms with Gasteiger partial charge in [-0.3, -0.25) is 9.89 Å². The van der Waals surface area contributed by atoms with Crippen LogP contribution in [0.15, 0.2) is 24.4 Å². The quantitative estimate of drug-likeness (QED) is 0.870. The highest BCUT2D eigenvalue weighted by molar-refractivity contribution is 7.98. The largest absolute Gasteiger partial charge is 0.352 e. The highest BCUT2D eigenvalue weighted by Gasteiger charge is 2.08. The maximum atomic E-state index is 12.0. The number of carbonyl (C=O) groups is 1. The second-order valence-corrected chi connectivity index (χ2v) is 5.35. The van der Waals surface area contributed by atoms with E-state index < -0.39 is 0 Å². The standard InChI is InChI=1S/C13H17N3OS/c1-9(8-18-2)6-14-13(17)10-3-4-11-7-15-16-12(11)5-10/h3-5,7,9H,6,8H2,1-2H3,(H,14,17)(H,15,16). The van der Waals surface area contributed by atoms with Crippen molar-refractivity contribution in [1.29, 1.82) is 0 Å². The molecule has 1 aromatic carbocycles. The van der Waals surface area contributed by atoms with Crippen LogP contribution in [0.5, 0.6) is 0 Å². The molecule has 1 unspecified atom stereocenters. The lowest BCUT2D eigenvalue weighted by atomic mass is 10.1. The molecule has 0 aliphatic heterocycles. The zero-order chi connectivity index (χ0) is 13.0. The van der Waals surface area contributed by atoms with Crippen LogP contribution in [0.2, 0.25) is 0 Å². The van der Waals surface area contributed by atoms with Gasteiger partial charge in [0.1, 0.15) is 0 Å². The van der Waals surface area contributed by atoms with Gasteiger partial charge in [0.2, 0.25) is 0 Å². The van der Waals surface area contributed by atoms with Crippen LogP contribution >= 0.6 is 11.8 Å². The second-order valence-electron chi connectivity index (χ2n) is 4.44. The van der Waals surface area contributed by atoms with Gasteiger partial charge in [-0.2, -0.15) is 16.9 Å². The first-order chi connectivity index (χ1) is 8.70. The topological polar surface area (TPSA) is 57.8 Å². The number of carbonyl (C=O) groups excluding carboxylic acids is 1. The Morgan fingerprint density at radius 1 is 1.56 bits per heavy atom. The minimum absolute atomic E-state index is 0.0283. The minimum atomic E-state index is -0.0283. The third kappa shape index (κ3) is 3.04. The molecule has 1 aromatic heterocycles. The van der Waals surface area contributed by atoms with Crippen LogP contribution in [0.3, 0.4) is 0 Å². The summed E-state index contributed by atoms with van der Waals surface area (Å²) in [5.41, 5.74) is 1.56. The van der Waals surface area contributed by atoms with Gasteiger partial charge in [0.15, 0.2) is 0 Å². The van der Waals surface area contributed by atoms with Gasteiger partial charge in [-0.1, -0.05) is 13.0 Å². The molecule has 0 spiro atoms. The lowest BCUT2D eigenvalue weighted by Gasteiger charge is -2.11. The first kappa shape index (κ1) is 13.0. The van der Waals surface area contributed by atoms with E-state index >= 15 is 0 Å². The molecular formula is C13H17N3OS. The number of fused-ring (bicyclic) bond motifs is 1. The molecule has 0 fully saturated rings. The first-order valence-electron chi connectivity index (χ1n) is 5.91. The molecule has 2 N–H and O–H groups in total. The van der Waals surface area contributed by atoms with Gasteiger partial charge in [0.05, 0.1) is 11.7 Å². The van der Waals surface area contributed by atoms with E-state index in [0.29, 0.717) is 18.0 Å². The molecule has 0 bridgehead atoms. The average molecular weight is 263 g/mol. The fourth-order valence-corrected chi connectivity index (χ4v) is 2.48. The molecule has 1 amide bonds. The third-order valence-electron chi connectivity index (χ3n) is 2.77. The number of nitrogens with zero attached hydrogens (tertiary/aromatic N) is 1. The molecule has 18 heavy (non-hydrogen) atoms. The van der Waals surface area contributed by atoms with E-state index in [-0.39, 0.29) is 5.91 Å². The van der Waals surface area contributed by atoms with Gasteiger partial charge in [-0.15, -0.1) is 0 Å². The van der Waals surface area contributed by atoms with E-state index in [9.17, 15) is 4.79 Å². The highest BCUT2D eigenvalue weighted by Crippen LogP contribution is 2.12. The number of aromatic nitrogens is 2. The van der Waals surface area contributed by atoms with Crippen molar-refractivity contribution >= 4 is 28.6 Å². The maximum absolute atomic E-state index is 12.0. The van der Waals surface area contributed by atoms with Crippen molar-refractivity contribution in [2.45, 2.75) is 6.92 Å². The molecule has 0 radical (unpaired) electrons.